The number of rotatable bonds is 6. The third kappa shape index (κ3) is 4.35. The predicted molar refractivity (Wildman–Crippen MR) is 82.4 cm³/mol. The molecule has 0 saturated heterocycles. The first-order chi connectivity index (χ1) is 11.6. The van der Waals surface area contributed by atoms with Gasteiger partial charge in [-0.05, 0) is 6.92 Å². The minimum absolute atomic E-state index is 0.0620. The molecule has 1 atom stereocenters. The van der Waals surface area contributed by atoms with Crippen LogP contribution in [0.25, 0.3) is 0 Å². The van der Waals surface area contributed by atoms with E-state index < -0.39 is 23.8 Å². The molecule has 12 heteroatoms. The Morgan fingerprint density at radius 2 is 2.16 bits per heavy atom. The molecule has 0 aliphatic rings. The van der Waals surface area contributed by atoms with Crippen LogP contribution in [0.1, 0.15) is 11.3 Å². The molecule has 2 heterocycles. The number of carbonyl (C=O) groups is 1. The van der Waals surface area contributed by atoms with Gasteiger partial charge in [0.1, 0.15) is 17.4 Å². The van der Waals surface area contributed by atoms with Crippen molar-refractivity contribution in [1.82, 2.24) is 19.7 Å². The fraction of sp³-hybridized carbons (Fsp3) is 0.385. The third-order valence-corrected chi connectivity index (χ3v) is 3.22. The summed E-state index contributed by atoms with van der Waals surface area (Å²) in [6, 6.07) is -1.13. The first-order valence-electron chi connectivity index (χ1n) is 7.03. The van der Waals surface area contributed by atoms with E-state index in [1.165, 1.54) is 17.9 Å². The summed E-state index contributed by atoms with van der Waals surface area (Å²) < 4.78 is 39.8. The number of aliphatic carboxylic acids is 1. The maximum absolute atomic E-state index is 12.8. The van der Waals surface area contributed by atoms with Crippen molar-refractivity contribution in [3.8, 4) is 0 Å². The highest BCUT2D eigenvalue weighted by molar-refractivity contribution is 5.73. The quantitative estimate of drug-likeness (QED) is 0.605. The van der Waals surface area contributed by atoms with E-state index >= 15 is 0 Å². The van der Waals surface area contributed by atoms with Crippen molar-refractivity contribution in [2.24, 2.45) is 5.73 Å². The number of alkyl halides is 3. The van der Waals surface area contributed by atoms with Crippen LogP contribution in [0.4, 0.5) is 30.6 Å². The zero-order valence-corrected chi connectivity index (χ0v) is 13.3. The van der Waals surface area contributed by atoms with Crippen LogP contribution in [0.2, 0.25) is 0 Å². The minimum atomic E-state index is -4.58. The lowest BCUT2D eigenvalue weighted by Crippen LogP contribution is -2.34. The average Bonchev–Trinajstić information content (AvgIpc) is 2.85. The molecule has 5 N–H and O–H groups in total. The molecule has 0 unspecified atom stereocenters. The van der Waals surface area contributed by atoms with Crippen LogP contribution in [0.15, 0.2) is 12.4 Å². The number of nitrogens with zero attached hydrogens (tertiary/aromatic N) is 4. The van der Waals surface area contributed by atoms with Crippen LogP contribution in [-0.2, 0) is 17.5 Å². The summed E-state index contributed by atoms with van der Waals surface area (Å²) in [5, 5.41) is 18.0. The van der Waals surface area contributed by atoms with Gasteiger partial charge in [-0.3, -0.25) is 9.48 Å². The van der Waals surface area contributed by atoms with Crippen molar-refractivity contribution in [3.05, 3.63) is 23.7 Å². The molecule has 2 rings (SSSR count). The van der Waals surface area contributed by atoms with Gasteiger partial charge in [-0.2, -0.15) is 23.3 Å². The van der Waals surface area contributed by atoms with E-state index in [0.717, 1.165) is 0 Å². The Morgan fingerprint density at radius 3 is 2.72 bits per heavy atom. The monoisotopic (exact) mass is 359 g/mol. The van der Waals surface area contributed by atoms with Gasteiger partial charge in [0.05, 0.1) is 17.9 Å². The summed E-state index contributed by atoms with van der Waals surface area (Å²) in [6.07, 6.45) is -2.44. The molecule has 25 heavy (non-hydrogen) atoms. The maximum atomic E-state index is 12.8. The molecule has 0 aliphatic carbocycles. The van der Waals surface area contributed by atoms with E-state index in [4.69, 9.17) is 10.8 Å². The fourth-order valence-corrected chi connectivity index (χ4v) is 1.97. The zero-order chi connectivity index (χ0) is 18.8. The number of carboxylic acids is 1. The second-order valence-corrected chi connectivity index (χ2v) is 5.12. The Kier molecular flexibility index (Phi) is 5.11. The summed E-state index contributed by atoms with van der Waals surface area (Å²) >= 11 is 0. The number of carboxylic acid groups (broad SMARTS) is 1. The number of hydrogen-bond acceptors (Lipinski definition) is 7. The van der Waals surface area contributed by atoms with Crippen molar-refractivity contribution in [2.45, 2.75) is 25.7 Å². The standard InChI is InChI=1S/C13H16F3N7O2/c1-6-9(5-23(22-6)4-8(17)11(24)25)20-12-19-3-7(13(14,15)16)10(18-2)21-12/h3,5,8H,4,17H2,1-2H3,(H,24,25)(H2,18,19,20,21)/t8-/m0/s1. The zero-order valence-electron chi connectivity index (χ0n) is 13.3. The SMILES string of the molecule is CNc1nc(Nc2cn(C[C@H](N)C(=O)O)nc2C)ncc1C(F)(F)F. The minimum Gasteiger partial charge on any atom is -0.480 e. The van der Waals surface area contributed by atoms with Gasteiger partial charge in [0, 0.05) is 19.4 Å². The summed E-state index contributed by atoms with van der Waals surface area (Å²) in [4.78, 5) is 18.2. The topological polar surface area (TPSA) is 131 Å². The highest BCUT2D eigenvalue weighted by Gasteiger charge is 2.35. The average molecular weight is 359 g/mol. The second kappa shape index (κ2) is 6.93. The van der Waals surface area contributed by atoms with Gasteiger partial charge in [0.25, 0.3) is 0 Å². The molecule has 2 aromatic rings. The molecule has 9 nitrogen and oxygen atoms in total. The molecule has 2 aromatic heterocycles. The lowest BCUT2D eigenvalue weighted by atomic mass is 10.3. The molecular formula is C13H16F3N7O2. The van der Waals surface area contributed by atoms with E-state index in [1.807, 2.05) is 0 Å². The number of aryl methyl sites for hydroxylation is 1. The Balaban J connectivity index is 2.22. The number of hydrogen-bond donors (Lipinski definition) is 4. The van der Waals surface area contributed by atoms with Gasteiger partial charge in [0.15, 0.2) is 0 Å². The van der Waals surface area contributed by atoms with E-state index in [2.05, 4.69) is 25.7 Å². The van der Waals surface area contributed by atoms with Crippen molar-refractivity contribution in [2.75, 3.05) is 17.7 Å². The number of nitrogens with two attached hydrogens (primary N) is 1. The summed E-state index contributed by atoms with van der Waals surface area (Å²) in [5.74, 6) is -1.61. The predicted octanol–water partition coefficient (Wildman–Crippen LogP) is 1.20. The molecule has 0 aromatic carbocycles. The van der Waals surface area contributed by atoms with Crippen LogP contribution in [0.5, 0.6) is 0 Å². The summed E-state index contributed by atoms with van der Waals surface area (Å²) in [7, 11) is 1.32. The lowest BCUT2D eigenvalue weighted by molar-refractivity contribution is -0.139. The second-order valence-electron chi connectivity index (χ2n) is 5.12. The van der Waals surface area contributed by atoms with Crippen molar-refractivity contribution >= 4 is 23.4 Å². The van der Waals surface area contributed by atoms with Gasteiger partial charge in [-0.15, -0.1) is 0 Å². The normalized spacial score (nSPS) is 12.7. The lowest BCUT2D eigenvalue weighted by Gasteiger charge is -2.12. The number of aromatic nitrogens is 4. The van der Waals surface area contributed by atoms with Crippen LogP contribution < -0.4 is 16.4 Å². The number of nitrogens with one attached hydrogen (secondary N) is 2. The van der Waals surface area contributed by atoms with E-state index in [9.17, 15) is 18.0 Å². The van der Waals surface area contributed by atoms with Gasteiger partial charge in [-0.1, -0.05) is 0 Å². The molecule has 136 valence electrons. The Morgan fingerprint density at radius 1 is 1.48 bits per heavy atom. The molecule has 0 fully saturated rings. The van der Waals surface area contributed by atoms with Crippen LogP contribution >= 0.6 is 0 Å². The van der Waals surface area contributed by atoms with E-state index in [0.29, 0.717) is 17.6 Å². The van der Waals surface area contributed by atoms with E-state index in [-0.39, 0.29) is 18.3 Å². The highest BCUT2D eigenvalue weighted by atomic mass is 19.4. The molecule has 0 spiro atoms. The van der Waals surface area contributed by atoms with Crippen LogP contribution in [-0.4, -0.2) is 43.9 Å². The Hall–Kier alpha value is -2.89. The van der Waals surface area contributed by atoms with Gasteiger partial charge < -0.3 is 21.5 Å². The largest absolute Gasteiger partial charge is 0.480 e. The van der Waals surface area contributed by atoms with Crippen molar-refractivity contribution in [3.63, 3.8) is 0 Å². The number of halogens is 3. The molecule has 0 aliphatic heterocycles. The first kappa shape index (κ1) is 18.4. The molecule has 0 radical (unpaired) electrons. The molecule has 0 amide bonds. The smallest absolute Gasteiger partial charge is 0.421 e. The Bertz CT molecular complexity index is 775. The van der Waals surface area contributed by atoms with E-state index in [1.54, 1.807) is 6.92 Å². The van der Waals surface area contributed by atoms with Gasteiger partial charge in [0.2, 0.25) is 5.95 Å². The van der Waals surface area contributed by atoms with Crippen molar-refractivity contribution < 1.29 is 23.1 Å². The van der Waals surface area contributed by atoms with Gasteiger partial charge >= 0.3 is 12.1 Å². The molecule has 0 bridgehead atoms. The Labute approximate surface area is 140 Å². The molecule has 0 saturated carbocycles. The van der Waals surface area contributed by atoms with Crippen LogP contribution in [0.3, 0.4) is 0 Å². The summed E-state index contributed by atoms with van der Waals surface area (Å²) in [6.45, 7) is 1.57. The third-order valence-electron chi connectivity index (χ3n) is 3.22. The maximum Gasteiger partial charge on any atom is 0.421 e. The fourth-order valence-electron chi connectivity index (χ4n) is 1.97. The van der Waals surface area contributed by atoms with Gasteiger partial charge in [-0.25, -0.2) is 4.98 Å². The van der Waals surface area contributed by atoms with Crippen molar-refractivity contribution in [1.29, 1.82) is 0 Å². The molecular weight excluding hydrogens is 343 g/mol. The first-order valence-corrected chi connectivity index (χ1v) is 7.03. The number of anilines is 3. The highest BCUT2D eigenvalue weighted by Crippen LogP contribution is 2.33. The van der Waals surface area contributed by atoms with Crippen LogP contribution in [0, 0.1) is 6.92 Å². The summed E-state index contributed by atoms with van der Waals surface area (Å²) in [5.41, 5.74) is 5.34.